The number of hydrogen-bond acceptors (Lipinski definition) is 5. The molecule has 104 valence electrons. The first kappa shape index (κ1) is 14.3. The third-order valence-electron chi connectivity index (χ3n) is 2.44. The summed E-state index contributed by atoms with van der Waals surface area (Å²) in [7, 11) is 0. The third kappa shape index (κ3) is 4.89. The number of carboxylic acid groups (broad SMARTS) is 1. The molecule has 0 aliphatic heterocycles. The highest BCUT2D eigenvalue weighted by molar-refractivity contribution is 7.99. The summed E-state index contributed by atoms with van der Waals surface area (Å²) >= 11 is 1.60. The van der Waals surface area contributed by atoms with E-state index in [4.69, 9.17) is 9.84 Å². The van der Waals surface area contributed by atoms with Crippen LogP contribution in [0.5, 0.6) is 5.75 Å². The SMILES string of the molecule is O=C(O)Cc1ccc(OCCSc2ccncn2)cc1. The molecule has 0 aliphatic carbocycles. The molecule has 0 saturated heterocycles. The van der Waals surface area contributed by atoms with Crippen LogP contribution in [0.3, 0.4) is 0 Å². The molecular formula is C14H14N2O3S. The minimum absolute atomic E-state index is 0.0316. The van der Waals surface area contributed by atoms with Crippen molar-refractivity contribution in [2.24, 2.45) is 0 Å². The Bertz CT molecular complexity index is 546. The molecule has 0 amide bonds. The zero-order chi connectivity index (χ0) is 14.2. The van der Waals surface area contributed by atoms with Crippen LogP contribution in [-0.2, 0) is 11.2 Å². The third-order valence-corrected chi connectivity index (χ3v) is 3.34. The van der Waals surface area contributed by atoms with E-state index in [2.05, 4.69) is 9.97 Å². The topological polar surface area (TPSA) is 72.3 Å². The monoisotopic (exact) mass is 290 g/mol. The van der Waals surface area contributed by atoms with E-state index in [9.17, 15) is 4.79 Å². The summed E-state index contributed by atoms with van der Waals surface area (Å²) in [5.41, 5.74) is 0.764. The largest absolute Gasteiger partial charge is 0.493 e. The van der Waals surface area contributed by atoms with Gasteiger partial charge in [-0.1, -0.05) is 12.1 Å². The summed E-state index contributed by atoms with van der Waals surface area (Å²) in [6, 6.07) is 8.95. The molecule has 6 heteroatoms. The molecule has 2 aromatic rings. The smallest absolute Gasteiger partial charge is 0.307 e. The van der Waals surface area contributed by atoms with Crippen LogP contribution >= 0.6 is 11.8 Å². The predicted octanol–water partition coefficient (Wildman–Crippen LogP) is 2.27. The molecule has 2 rings (SSSR count). The van der Waals surface area contributed by atoms with Gasteiger partial charge in [-0.2, -0.15) is 0 Å². The van der Waals surface area contributed by atoms with Gasteiger partial charge in [0.05, 0.1) is 18.1 Å². The van der Waals surface area contributed by atoms with Crippen LogP contribution in [0.2, 0.25) is 0 Å². The highest BCUT2D eigenvalue weighted by Crippen LogP contribution is 2.15. The number of benzene rings is 1. The molecule has 0 radical (unpaired) electrons. The maximum Gasteiger partial charge on any atom is 0.307 e. The molecule has 0 atom stereocenters. The lowest BCUT2D eigenvalue weighted by atomic mass is 10.1. The number of aromatic nitrogens is 2. The summed E-state index contributed by atoms with van der Waals surface area (Å²) in [6.45, 7) is 0.562. The Morgan fingerprint density at radius 3 is 2.70 bits per heavy atom. The van der Waals surface area contributed by atoms with Gasteiger partial charge < -0.3 is 9.84 Å². The van der Waals surface area contributed by atoms with Gasteiger partial charge >= 0.3 is 5.97 Å². The fourth-order valence-corrected chi connectivity index (χ4v) is 2.20. The van der Waals surface area contributed by atoms with E-state index in [1.807, 2.05) is 6.07 Å². The van der Waals surface area contributed by atoms with Crippen molar-refractivity contribution in [3.05, 3.63) is 48.4 Å². The minimum Gasteiger partial charge on any atom is -0.493 e. The fourth-order valence-electron chi connectivity index (χ4n) is 1.55. The minimum atomic E-state index is -0.833. The van der Waals surface area contributed by atoms with Crippen LogP contribution < -0.4 is 4.74 Å². The van der Waals surface area contributed by atoms with Gasteiger partial charge in [0.15, 0.2) is 0 Å². The first-order valence-corrected chi connectivity index (χ1v) is 7.05. The molecule has 1 heterocycles. The number of rotatable bonds is 7. The van der Waals surface area contributed by atoms with Crippen molar-refractivity contribution >= 4 is 17.7 Å². The average Bonchev–Trinajstić information content (AvgIpc) is 2.46. The van der Waals surface area contributed by atoms with Crippen LogP contribution in [0.4, 0.5) is 0 Å². The van der Waals surface area contributed by atoms with Crippen molar-refractivity contribution in [3.63, 3.8) is 0 Å². The number of ether oxygens (including phenoxy) is 1. The summed E-state index contributed by atoms with van der Waals surface area (Å²) < 4.78 is 5.58. The Morgan fingerprint density at radius 1 is 1.25 bits per heavy atom. The first-order valence-electron chi connectivity index (χ1n) is 6.06. The highest BCUT2D eigenvalue weighted by Gasteiger charge is 2.01. The van der Waals surface area contributed by atoms with Gasteiger partial charge in [-0.3, -0.25) is 4.79 Å². The van der Waals surface area contributed by atoms with E-state index >= 15 is 0 Å². The van der Waals surface area contributed by atoms with E-state index in [1.165, 1.54) is 6.33 Å². The first-order chi connectivity index (χ1) is 9.74. The molecule has 0 fully saturated rings. The number of aliphatic carboxylic acids is 1. The van der Waals surface area contributed by atoms with E-state index < -0.39 is 5.97 Å². The number of hydrogen-bond donors (Lipinski definition) is 1. The predicted molar refractivity (Wildman–Crippen MR) is 76.0 cm³/mol. The molecule has 0 unspecified atom stereocenters. The molecule has 0 aliphatic rings. The Labute approximate surface area is 121 Å². The van der Waals surface area contributed by atoms with E-state index in [1.54, 1.807) is 42.2 Å². The summed E-state index contributed by atoms with van der Waals surface area (Å²) in [5.74, 6) is 0.691. The lowest BCUT2D eigenvalue weighted by Crippen LogP contribution is -2.02. The van der Waals surface area contributed by atoms with Gasteiger partial charge in [0.2, 0.25) is 0 Å². The summed E-state index contributed by atoms with van der Waals surface area (Å²) in [6.07, 6.45) is 3.26. The van der Waals surface area contributed by atoms with Crippen LogP contribution in [0.1, 0.15) is 5.56 Å². The Balaban J connectivity index is 1.73. The van der Waals surface area contributed by atoms with Crippen molar-refractivity contribution in [2.45, 2.75) is 11.4 Å². The summed E-state index contributed by atoms with van der Waals surface area (Å²) in [5, 5.41) is 9.59. The van der Waals surface area contributed by atoms with Crippen molar-refractivity contribution in [3.8, 4) is 5.75 Å². The van der Waals surface area contributed by atoms with Gasteiger partial charge in [-0.15, -0.1) is 11.8 Å². The quantitative estimate of drug-likeness (QED) is 0.479. The number of nitrogens with zero attached hydrogens (tertiary/aromatic N) is 2. The second-order valence-electron chi connectivity index (χ2n) is 3.96. The van der Waals surface area contributed by atoms with Gasteiger partial charge in [-0.05, 0) is 23.8 Å². The van der Waals surface area contributed by atoms with E-state index in [0.717, 1.165) is 22.1 Å². The average molecular weight is 290 g/mol. The Kier molecular flexibility index (Phi) is 5.37. The molecule has 0 spiro atoms. The fraction of sp³-hybridized carbons (Fsp3) is 0.214. The molecule has 0 saturated carbocycles. The van der Waals surface area contributed by atoms with Gasteiger partial charge in [0.1, 0.15) is 12.1 Å². The van der Waals surface area contributed by atoms with Crippen molar-refractivity contribution in [2.75, 3.05) is 12.4 Å². The van der Waals surface area contributed by atoms with Gasteiger partial charge in [-0.25, -0.2) is 9.97 Å². The van der Waals surface area contributed by atoms with Crippen LogP contribution in [0.25, 0.3) is 0 Å². The highest BCUT2D eigenvalue weighted by atomic mass is 32.2. The van der Waals surface area contributed by atoms with Crippen molar-refractivity contribution in [1.82, 2.24) is 9.97 Å². The van der Waals surface area contributed by atoms with Crippen molar-refractivity contribution < 1.29 is 14.6 Å². The second-order valence-corrected chi connectivity index (χ2v) is 5.07. The van der Waals surface area contributed by atoms with Crippen LogP contribution in [0, 0.1) is 0 Å². The van der Waals surface area contributed by atoms with Crippen molar-refractivity contribution in [1.29, 1.82) is 0 Å². The number of carboxylic acids is 1. The molecule has 1 aromatic heterocycles. The normalized spacial score (nSPS) is 10.2. The zero-order valence-electron chi connectivity index (χ0n) is 10.7. The maximum absolute atomic E-state index is 10.6. The molecular weight excluding hydrogens is 276 g/mol. The second kappa shape index (κ2) is 7.49. The molecule has 0 bridgehead atoms. The zero-order valence-corrected chi connectivity index (χ0v) is 11.5. The lowest BCUT2D eigenvalue weighted by molar-refractivity contribution is -0.136. The molecule has 1 aromatic carbocycles. The molecule has 20 heavy (non-hydrogen) atoms. The van der Waals surface area contributed by atoms with Gasteiger partial charge in [0.25, 0.3) is 0 Å². The van der Waals surface area contributed by atoms with Gasteiger partial charge in [0, 0.05) is 11.9 Å². The van der Waals surface area contributed by atoms with Crippen LogP contribution in [-0.4, -0.2) is 33.4 Å². The number of carbonyl (C=O) groups is 1. The summed E-state index contributed by atoms with van der Waals surface area (Å²) in [4.78, 5) is 18.5. The standard InChI is InChI=1S/C14H14N2O3S/c17-14(18)9-11-1-3-12(4-2-11)19-7-8-20-13-5-6-15-10-16-13/h1-6,10H,7-9H2,(H,17,18). The molecule has 5 nitrogen and oxygen atoms in total. The Hall–Kier alpha value is -2.08. The van der Waals surface area contributed by atoms with Crippen LogP contribution in [0.15, 0.2) is 47.9 Å². The Morgan fingerprint density at radius 2 is 2.05 bits per heavy atom. The van der Waals surface area contributed by atoms with E-state index in [0.29, 0.717) is 6.61 Å². The number of thioether (sulfide) groups is 1. The lowest BCUT2D eigenvalue weighted by Gasteiger charge is -2.06. The van der Waals surface area contributed by atoms with E-state index in [-0.39, 0.29) is 6.42 Å². The molecule has 1 N–H and O–H groups in total. The maximum atomic E-state index is 10.6.